The summed E-state index contributed by atoms with van der Waals surface area (Å²) in [7, 11) is -3.82. The van der Waals surface area contributed by atoms with Crippen molar-refractivity contribution in [2.75, 3.05) is 18.4 Å². The maximum Gasteiger partial charge on any atom is 0.243 e. The lowest BCUT2D eigenvalue weighted by atomic mass is 10.1. The summed E-state index contributed by atoms with van der Waals surface area (Å²) < 4.78 is 27.8. The van der Waals surface area contributed by atoms with E-state index in [0.29, 0.717) is 31.5 Å². The first kappa shape index (κ1) is 25.0. The van der Waals surface area contributed by atoms with Crippen molar-refractivity contribution in [2.24, 2.45) is 0 Å². The van der Waals surface area contributed by atoms with Crippen molar-refractivity contribution in [1.29, 1.82) is 0 Å². The average molecular weight is 490 g/mol. The summed E-state index contributed by atoms with van der Waals surface area (Å²) in [5, 5.41) is 5.69. The molecule has 0 aromatic heterocycles. The Hall–Kier alpha value is -2.68. The Kier molecular flexibility index (Phi) is 8.66. The molecule has 33 heavy (non-hydrogen) atoms. The van der Waals surface area contributed by atoms with E-state index in [1.54, 1.807) is 0 Å². The van der Waals surface area contributed by atoms with E-state index in [9.17, 15) is 18.0 Å². The van der Waals surface area contributed by atoms with Crippen molar-refractivity contribution in [3.05, 3.63) is 71.8 Å². The largest absolute Gasteiger partial charge is 0.349 e. The number of hydrogen-bond acceptors (Lipinski definition) is 4. The summed E-state index contributed by atoms with van der Waals surface area (Å²) in [5.41, 5.74) is 1.42. The van der Waals surface area contributed by atoms with E-state index in [1.807, 2.05) is 30.3 Å². The summed E-state index contributed by atoms with van der Waals surface area (Å²) in [6, 6.07) is 13.7. The van der Waals surface area contributed by atoms with Crippen LogP contribution in [0.4, 0.5) is 5.69 Å². The molecule has 3 rings (SSSR count). The third-order valence-electron chi connectivity index (χ3n) is 5.50. The van der Waals surface area contributed by atoms with Gasteiger partial charge in [-0.15, -0.1) is 0 Å². The van der Waals surface area contributed by atoms with Gasteiger partial charge in [-0.3, -0.25) is 9.59 Å². The molecule has 2 aromatic rings. The smallest absolute Gasteiger partial charge is 0.243 e. The number of carbonyl (C=O) groups excluding carboxylic acids is 2. The molecule has 2 N–H and O–H groups in total. The monoisotopic (exact) mass is 489 g/mol. The van der Waals surface area contributed by atoms with E-state index >= 15 is 0 Å². The molecule has 1 saturated heterocycles. The van der Waals surface area contributed by atoms with Crippen LogP contribution in [0.1, 0.15) is 31.2 Å². The third-order valence-corrected chi connectivity index (χ3v) is 7.68. The fraction of sp³-hybridized carbons (Fsp3) is 0.333. The van der Waals surface area contributed by atoms with Crippen molar-refractivity contribution in [3.8, 4) is 0 Å². The Morgan fingerprint density at radius 2 is 1.91 bits per heavy atom. The number of benzene rings is 2. The Bertz CT molecular complexity index is 1110. The molecule has 1 aliphatic rings. The van der Waals surface area contributed by atoms with Crippen LogP contribution in [0.5, 0.6) is 0 Å². The van der Waals surface area contributed by atoms with E-state index in [4.69, 9.17) is 11.6 Å². The number of carbonyl (C=O) groups is 2. The van der Waals surface area contributed by atoms with E-state index < -0.39 is 10.0 Å². The Balaban J connectivity index is 1.67. The molecule has 0 bridgehead atoms. The summed E-state index contributed by atoms with van der Waals surface area (Å²) in [5.74, 6) is -0.528. The number of nitrogens with one attached hydrogen (secondary N) is 2. The molecule has 9 heteroatoms. The zero-order valence-electron chi connectivity index (χ0n) is 18.3. The number of amides is 2. The van der Waals surface area contributed by atoms with Gasteiger partial charge >= 0.3 is 0 Å². The van der Waals surface area contributed by atoms with Crippen molar-refractivity contribution < 1.29 is 18.0 Å². The topological polar surface area (TPSA) is 95.6 Å². The van der Waals surface area contributed by atoms with Crippen molar-refractivity contribution in [2.45, 2.75) is 43.0 Å². The van der Waals surface area contributed by atoms with Gasteiger partial charge in [0.1, 0.15) is 0 Å². The number of sulfonamides is 1. The van der Waals surface area contributed by atoms with Crippen LogP contribution in [0.25, 0.3) is 0 Å². The zero-order chi connectivity index (χ0) is 23.8. The first-order valence-electron chi connectivity index (χ1n) is 10.9. The lowest BCUT2D eigenvalue weighted by Crippen LogP contribution is -2.44. The lowest BCUT2D eigenvalue weighted by molar-refractivity contribution is -0.117. The van der Waals surface area contributed by atoms with Crippen molar-refractivity contribution >= 4 is 39.1 Å². The van der Waals surface area contributed by atoms with E-state index in [1.165, 1.54) is 28.6 Å². The highest BCUT2D eigenvalue weighted by molar-refractivity contribution is 7.89. The second-order valence-corrected chi connectivity index (χ2v) is 10.3. The fourth-order valence-corrected chi connectivity index (χ4v) is 5.57. The van der Waals surface area contributed by atoms with E-state index in [-0.39, 0.29) is 40.7 Å². The number of nitrogens with zero attached hydrogens (tertiary/aromatic N) is 1. The summed E-state index contributed by atoms with van der Waals surface area (Å²) in [4.78, 5) is 24.0. The molecule has 2 amide bonds. The minimum absolute atomic E-state index is 0.0467. The highest BCUT2D eigenvalue weighted by Crippen LogP contribution is 2.28. The van der Waals surface area contributed by atoms with Gasteiger partial charge in [-0.25, -0.2) is 8.42 Å². The van der Waals surface area contributed by atoms with Crippen LogP contribution in [0, 0.1) is 0 Å². The summed E-state index contributed by atoms with van der Waals surface area (Å²) in [6.45, 7) is 3.98. The van der Waals surface area contributed by atoms with Gasteiger partial charge in [0.05, 0.1) is 15.6 Å². The molecule has 1 fully saturated rings. The van der Waals surface area contributed by atoms with Crippen LogP contribution in [0.3, 0.4) is 0 Å². The maximum absolute atomic E-state index is 13.2. The Morgan fingerprint density at radius 3 is 2.61 bits per heavy atom. The van der Waals surface area contributed by atoms with E-state index in [2.05, 4.69) is 17.2 Å². The molecule has 2 aromatic carbocycles. The first-order valence-corrected chi connectivity index (χ1v) is 12.7. The summed E-state index contributed by atoms with van der Waals surface area (Å²) >= 11 is 6.32. The number of rotatable bonds is 8. The SMILES string of the molecule is C=CC(=O)NC1CCCCN(S(=O)(=O)c2ccc(NC(=O)CCc3ccccc3)c(Cl)c2)C1. The molecular weight excluding hydrogens is 462 g/mol. The summed E-state index contributed by atoms with van der Waals surface area (Å²) in [6.07, 6.45) is 4.25. The normalized spacial score (nSPS) is 17.1. The molecule has 1 atom stereocenters. The van der Waals surface area contributed by atoms with Crippen LogP contribution in [-0.4, -0.2) is 43.7 Å². The predicted molar refractivity (Wildman–Crippen MR) is 130 cm³/mol. The van der Waals surface area contributed by atoms with Crippen molar-refractivity contribution in [1.82, 2.24) is 9.62 Å². The molecule has 176 valence electrons. The molecule has 1 heterocycles. The minimum atomic E-state index is -3.82. The minimum Gasteiger partial charge on any atom is -0.349 e. The predicted octanol–water partition coefficient (Wildman–Crippen LogP) is 3.76. The number of halogens is 1. The molecule has 1 aliphatic heterocycles. The number of hydrogen-bond donors (Lipinski definition) is 2. The molecule has 0 spiro atoms. The van der Waals surface area contributed by atoms with Crippen LogP contribution >= 0.6 is 11.6 Å². The van der Waals surface area contributed by atoms with Crippen LogP contribution in [0.2, 0.25) is 5.02 Å². The van der Waals surface area contributed by atoms with Crippen LogP contribution in [-0.2, 0) is 26.0 Å². The Morgan fingerprint density at radius 1 is 1.15 bits per heavy atom. The van der Waals surface area contributed by atoms with E-state index in [0.717, 1.165) is 12.0 Å². The molecule has 7 nitrogen and oxygen atoms in total. The standard InChI is InChI=1S/C24H28ClN3O4S/c1-2-23(29)26-19-10-6-7-15-28(17-19)33(31,32)20-12-13-22(21(25)16-20)27-24(30)14-11-18-8-4-3-5-9-18/h2-5,8-9,12-13,16,19H,1,6-7,10-11,14-15,17H2,(H,26,29)(H,27,30). The molecule has 0 saturated carbocycles. The lowest BCUT2D eigenvalue weighted by Gasteiger charge is -2.24. The van der Waals surface area contributed by atoms with Crippen LogP contribution in [0.15, 0.2) is 66.1 Å². The molecular formula is C24H28ClN3O4S. The second-order valence-electron chi connectivity index (χ2n) is 7.94. The fourth-order valence-electron chi connectivity index (χ4n) is 3.73. The van der Waals surface area contributed by atoms with Gasteiger partial charge in [0.2, 0.25) is 21.8 Å². The highest BCUT2D eigenvalue weighted by atomic mass is 35.5. The second kappa shape index (κ2) is 11.4. The Labute approximate surface area is 199 Å². The third kappa shape index (κ3) is 6.90. The first-order chi connectivity index (χ1) is 15.8. The number of aryl methyl sites for hydroxylation is 1. The van der Waals surface area contributed by atoms with Gasteiger partial charge in [-0.2, -0.15) is 4.31 Å². The van der Waals surface area contributed by atoms with Crippen molar-refractivity contribution in [3.63, 3.8) is 0 Å². The quantitative estimate of drug-likeness (QED) is 0.552. The highest BCUT2D eigenvalue weighted by Gasteiger charge is 2.30. The van der Waals surface area contributed by atoms with Gasteiger partial charge in [0, 0.05) is 25.6 Å². The molecule has 0 radical (unpaired) electrons. The van der Waals surface area contributed by atoms with Crippen LogP contribution < -0.4 is 10.6 Å². The van der Waals surface area contributed by atoms with Gasteiger partial charge < -0.3 is 10.6 Å². The van der Waals surface area contributed by atoms with Gasteiger partial charge in [0.15, 0.2) is 0 Å². The maximum atomic E-state index is 13.2. The van der Waals surface area contributed by atoms with Gasteiger partial charge in [0.25, 0.3) is 0 Å². The van der Waals surface area contributed by atoms with Gasteiger partial charge in [-0.05, 0) is 49.1 Å². The molecule has 1 unspecified atom stereocenters. The number of anilines is 1. The molecule has 0 aliphatic carbocycles. The zero-order valence-corrected chi connectivity index (χ0v) is 19.9. The van der Waals surface area contributed by atoms with Gasteiger partial charge in [-0.1, -0.05) is 54.9 Å². The average Bonchev–Trinajstić information content (AvgIpc) is 3.05.